The Hall–Kier alpha value is -2.09. The van der Waals surface area contributed by atoms with Crippen LogP contribution >= 0.6 is 0 Å². The molecule has 2 aliphatic heterocycles. The fraction of sp³-hybridized carbons (Fsp3) is 0.737. The van der Waals surface area contributed by atoms with E-state index < -0.39 is 5.60 Å². The van der Waals surface area contributed by atoms with Crippen LogP contribution in [0.15, 0.2) is 6.20 Å². The largest absolute Gasteiger partial charge is 0.444 e. The van der Waals surface area contributed by atoms with Crippen LogP contribution in [0, 0.1) is 0 Å². The van der Waals surface area contributed by atoms with Gasteiger partial charge in [-0.2, -0.15) is 5.10 Å². The van der Waals surface area contributed by atoms with Gasteiger partial charge in [0.2, 0.25) is 0 Å². The summed E-state index contributed by atoms with van der Waals surface area (Å²) in [6.45, 7) is 9.25. The predicted molar refractivity (Wildman–Crippen MR) is 99.7 cm³/mol. The van der Waals surface area contributed by atoms with Gasteiger partial charge in [-0.1, -0.05) is 0 Å². The number of piperidine rings is 1. The standard InChI is InChI=1S/C19H30N4O4/c1-19(2,3)27-18(25)23-7-5-14(6-8-23)16-15(13-20-21(16)4)17(24)22-9-11-26-12-10-22/h13-14H,5-12H2,1-4H3. The summed E-state index contributed by atoms with van der Waals surface area (Å²) < 4.78 is 12.6. The molecule has 0 bridgehead atoms. The first-order chi connectivity index (χ1) is 12.8. The van der Waals surface area contributed by atoms with Gasteiger partial charge in [0.05, 0.1) is 30.7 Å². The number of hydrogen-bond donors (Lipinski definition) is 0. The lowest BCUT2D eigenvalue weighted by Crippen LogP contribution is -2.42. The number of hydrogen-bond acceptors (Lipinski definition) is 5. The molecule has 2 saturated heterocycles. The van der Waals surface area contributed by atoms with Crippen molar-refractivity contribution < 1.29 is 19.1 Å². The molecule has 27 heavy (non-hydrogen) atoms. The van der Waals surface area contributed by atoms with E-state index in [1.54, 1.807) is 11.1 Å². The molecule has 0 N–H and O–H groups in total. The molecule has 1 aromatic rings. The minimum Gasteiger partial charge on any atom is -0.444 e. The number of carbonyl (C=O) groups is 2. The molecule has 2 aliphatic rings. The van der Waals surface area contributed by atoms with Crippen LogP contribution in [-0.2, 0) is 16.5 Å². The summed E-state index contributed by atoms with van der Waals surface area (Å²) in [7, 11) is 1.88. The lowest BCUT2D eigenvalue weighted by atomic mass is 9.91. The summed E-state index contributed by atoms with van der Waals surface area (Å²) >= 11 is 0. The average Bonchev–Trinajstić information content (AvgIpc) is 3.02. The smallest absolute Gasteiger partial charge is 0.410 e. The summed E-state index contributed by atoms with van der Waals surface area (Å²) in [5, 5.41) is 4.34. The van der Waals surface area contributed by atoms with Crippen molar-refractivity contribution in [1.82, 2.24) is 19.6 Å². The lowest BCUT2D eigenvalue weighted by molar-refractivity contribution is 0.0201. The average molecular weight is 378 g/mol. The van der Waals surface area contributed by atoms with Crippen molar-refractivity contribution in [1.29, 1.82) is 0 Å². The van der Waals surface area contributed by atoms with Crippen molar-refractivity contribution in [3.05, 3.63) is 17.5 Å². The maximum atomic E-state index is 12.9. The third-order valence-electron chi connectivity index (χ3n) is 5.05. The molecule has 0 atom stereocenters. The number of carbonyl (C=O) groups excluding carboxylic acids is 2. The van der Waals surface area contributed by atoms with Crippen molar-refractivity contribution >= 4 is 12.0 Å². The van der Waals surface area contributed by atoms with E-state index in [9.17, 15) is 9.59 Å². The summed E-state index contributed by atoms with van der Waals surface area (Å²) in [5.41, 5.74) is 1.15. The van der Waals surface area contributed by atoms with Gasteiger partial charge in [-0.3, -0.25) is 9.48 Å². The molecule has 8 nitrogen and oxygen atoms in total. The van der Waals surface area contributed by atoms with Gasteiger partial charge in [-0.15, -0.1) is 0 Å². The summed E-state index contributed by atoms with van der Waals surface area (Å²) in [6, 6.07) is 0. The molecule has 3 heterocycles. The SMILES string of the molecule is Cn1ncc(C(=O)N2CCOCC2)c1C1CCN(C(=O)OC(C)(C)C)CC1. The van der Waals surface area contributed by atoms with Crippen molar-refractivity contribution in [3.8, 4) is 0 Å². The minimum atomic E-state index is -0.492. The molecule has 1 aromatic heterocycles. The molecule has 2 fully saturated rings. The maximum absolute atomic E-state index is 12.9. The molecule has 0 radical (unpaired) electrons. The van der Waals surface area contributed by atoms with Crippen molar-refractivity contribution in [2.75, 3.05) is 39.4 Å². The summed E-state index contributed by atoms with van der Waals surface area (Å²) in [4.78, 5) is 28.8. The molecule has 150 valence electrons. The molecule has 0 saturated carbocycles. The highest BCUT2D eigenvalue weighted by Crippen LogP contribution is 2.31. The molecule has 2 amide bonds. The van der Waals surface area contributed by atoms with Gasteiger partial charge >= 0.3 is 6.09 Å². The van der Waals surface area contributed by atoms with Crippen LogP contribution in [0.2, 0.25) is 0 Å². The maximum Gasteiger partial charge on any atom is 0.410 e. The van der Waals surface area contributed by atoms with E-state index >= 15 is 0 Å². The fourth-order valence-corrected chi connectivity index (χ4v) is 3.69. The summed E-state index contributed by atoms with van der Waals surface area (Å²) in [5.74, 6) is 0.229. The zero-order valence-electron chi connectivity index (χ0n) is 16.7. The van der Waals surface area contributed by atoms with Crippen molar-refractivity contribution in [3.63, 3.8) is 0 Å². The molecular formula is C19H30N4O4. The first-order valence-corrected chi connectivity index (χ1v) is 9.63. The number of aromatic nitrogens is 2. The Morgan fingerprint density at radius 3 is 2.33 bits per heavy atom. The van der Waals surface area contributed by atoms with E-state index in [-0.39, 0.29) is 17.9 Å². The second-order valence-corrected chi connectivity index (χ2v) is 8.21. The van der Waals surface area contributed by atoms with Crippen molar-refractivity contribution in [2.45, 2.75) is 45.1 Å². The zero-order valence-corrected chi connectivity index (χ0v) is 16.7. The van der Waals surface area contributed by atoms with E-state index in [0.29, 0.717) is 45.0 Å². The van der Waals surface area contributed by atoms with Gasteiger partial charge in [-0.25, -0.2) is 4.79 Å². The lowest BCUT2D eigenvalue weighted by Gasteiger charge is -2.34. The van der Waals surface area contributed by atoms with E-state index in [1.165, 1.54) is 0 Å². The van der Waals surface area contributed by atoms with Crippen LogP contribution in [0.4, 0.5) is 4.79 Å². The van der Waals surface area contributed by atoms with E-state index in [0.717, 1.165) is 18.5 Å². The van der Waals surface area contributed by atoms with E-state index in [4.69, 9.17) is 9.47 Å². The van der Waals surface area contributed by atoms with Gasteiger partial charge in [0, 0.05) is 39.1 Å². The second-order valence-electron chi connectivity index (χ2n) is 8.21. The Balaban J connectivity index is 1.67. The molecule has 0 spiro atoms. The molecule has 3 rings (SSSR count). The number of ether oxygens (including phenoxy) is 2. The first kappa shape index (κ1) is 19.7. The van der Waals surface area contributed by atoms with Crippen LogP contribution in [0.1, 0.15) is 55.6 Å². The normalized spacial score (nSPS) is 19.3. The molecule has 0 aliphatic carbocycles. The molecule has 8 heteroatoms. The Morgan fingerprint density at radius 2 is 1.74 bits per heavy atom. The quantitative estimate of drug-likeness (QED) is 0.787. The second kappa shape index (κ2) is 7.88. The number of amides is 2. The van der Waals surface area contributed by atoms with E-state index in [1.807, 2.05) is 37.4 Å². The monoisotopic (exact) mass is 378 g/mol. The molecule has 0 aromatic carbocycles. The Bertz CT molecular complexity index is 680. The third kappa shape index (κ3) is 4.61. The minimum absolute atomic E-state index is 0.0240. The van der Waals surface area contributed by atoms with Crippen LogP contribution in [-0.4, -0.2) is 76.6 Å². The van der Waals surface area contributed by atoms with Gasteiger partial charge in [0.15, 0.2) is 0 Å². The molecule has 0 unspecified atom stereocenters. The van der Waals surface area contributed by atoms with E-state index in [2.05, 4.69) is 5.10 Å². The summed E-state index contributed by atoms with van der Waals surface area (Å²) in [6.07, 6.45) is 2.99. The van der Waals surface area contributed by atoms with Gasteiger partial charge < -0.3 is 19.3 Å². The molecular weight excluding hydrogens is 348 g/mol. The number of aryl methyl sites for hydroxylation is 1. The topological polar surface area (TPSA) is 76.9 Å². The van der Waals surface area contributed by atoms with Crippen LogP contribution < -0.4 is 0 Å². The Morgan fingerprint density at radius 1 is 1.11 bits per heavy atom. The van der Waals surface area contributed by atoms with Gasteiger partial charge in [-0.05, 0) is 33.6 Å². The highest BCUT2D eigenvalue weighted by Gasteiger charge is 2.32. The number of nitrogens with zero attached hydrogens (tertiary/aromatic N) is 4. The number of likely N-dealkylation sites (tertiary alicyclic amines) is 1. The third-order valence-corrected chi connectivity index (χ3v) is 5.05. The first-order valence-electron chi connectivity index (χ1n) is 9.63. The highest BCUT2D eigenvalue weighted by atomic mass is 16.6. The fourth-order valence-electron chi connectivity index (χ4n) is 3.69. The van der Waals surface area contributed by atoms with Crippen LogP contribution in [0.3, 0.4) is 0 Å². The number of rotatable bonds is 2. The zero-order chi connectivity index (χ0) is 19.6. The number of morpholine rings is 1. The van der Waals surface area contributed by atoms with Gasteiger partial charge in [0.1, 0.15) is 5.60 Å². The highest BCUT2D eigenvalue weighted by molar-refractivity contribution is 5.95. The van der Waals surface area contributed by atoms with Crippen LogP contribution in [0.25, 0.3) is 0 Å². The van der Waals surface area contributed by atoms with Crippen LogP contribution in [0.5, 0.6) is 0 Å². The van der Waals surface area contributed by atoms with Gasteiger partial charge in [0.25, 0.3) is 5.91 Å². The predicted octanol–water partition coefficient (Wildman–Crippen LogP) is 2.01. The van der Waals surface area contributed by atoms with Crippen molar-refractivity contribution in [2.24, 2.45) is 7.05 Å². The Kier molecular flexibility index (Phi) is 5.74. The Labute approximate surface area is 160 Å².